The molecule has 16 heavy (non-hydrogen) atoms. The van der Waals surface area contributed by atoms with Crippen LogP contribution in [0.1, 0.15) is 26.7 Å². The van der Waals surface area contributed by atoms with Gasteiger partial charge in [-0.05, 0) is 25.7 Å². The van der Waals surface area contributed by atoms with Crippen LogP contribution in [-0.2, 0) is 0 Å². The summed E-state index contributed by atoms with van der Waals surface area (Å²) in [7, 11) is 1.88. The van der Waals surface area contributed by atoms with Gasteiger partial charge in [-0.15, -0.1) is 0 Å². The molecule has 4 nitrogen and oxygen atoms in total. The highest BCUT2D eigenvalue weighted by molar-refractivity contribution is 5.49. The van der Waals surface area contributed by atoms with Crippen LogP contribution >= 0.6 is 0 Å². The molecule has 0 bridgehead atoms. The molecule has 88 valence electrons. The van der Waals surface area contributed by atoms with E-state index in [-0.39, 0.29) is 0 Å². The van der Waals surface area contributed by atoms with Gasteiger partial charge in [0.05, 0.1) is 0 Å². The van der Waals surface area contributed by atoms with Gasteiger partial charge in [0, 0.05) is 25.7 Å². The van der Waals surface area contributed by atoms with Crippen molar-refractivity contribution in [2.24, 2.45) is 5.92 Å². The Morgan fingerprint density at radius 2 is 2.12 bits per heavy atom. The standard InChI is InChI=1S/C12H20N4/c1-9-4-5-10(2)16(7-9)12-6-11(13-3)14-8-15-12/h6,8-10H,4-5,7H2,1-3H3,(H,13,14,15). The normalized spacial score (nSPS) is 25.6. The Morgan fingerprint density at radius 3 is 2.88 bits per heavy atom. The third-order valence-electron chi connectivity index (χ3n) is 3.32. The zero-order valence-electron chi connectivity index (χ0n) is 10.3. The van der Waals surface area contributed by atoms with Crippen molar-refractivity contribution in [3.8, 4) is 0 Å². The van der Waals surface area contributed by atoms with Crippen molar-refractivity contribution in [1.82, 2.24) is 9.97 Å². The van der Waals surface area contributed by atoms with E-state index in [0.717, 1.165) is 24.1 Å². The van der Waals surface area contributed by atoms with E-state index < -0.39 is 0 Å². The maximum atomic E-state index is 4.37. The summed E-state index contributed by atoms with van der Waals surface area (Å²) < 4.78 is 0. The number of anilines is 2. The summed E-state index contributed by atoms with van der Waals surface area (Å²) in [5, 5.41) is 3.05. The summed E-state index contributed by atoms with van der Waals surface area (Å²) in [6.45, 7) is 5.67. The molecule has 1 aliphatic rings. The minimum atomic E-state index is 0.579. The average Bonchev–Trinajstić information content (AvgIpc) is 2.32. The number of hydrogen-bond acceptors (Lipinski definition) is 4. The lowest BCUT2D eigenvalue weighted by atomic mass is 9.95. The summed E-state index contributed by atoms with van der Waals surface area (Å²) in [5.41, 5.74) is 0. The monoisotopic (exact) mass is 220 g/mol. The molecule has 0 saturated carbocycles. The van der Waals surface area contributed by atoms with E-state index in [9.17, 15) is 0 Å². The molecule has 2 rings (SSSR count). The Bertz CT molecular complexity index is 353. The molecule has 0 aromatic carbocycles. The highest BCUT2D eigenvalue weighted by atomic mass is 15.2. The lowest BCUT2D eigenvalue weighted by Crippen LogP contribution is -2.41. The first-order valence-corrected chi connectivity index (χ1v) is 5.97. The Balaban J connectivity index is 2.20. The molecule has 0 radical (unpaired) electrons. The van der Waals surface area contributed by atoms with Crippen LogP contribution in [0, 0.1) is 5.92 Å². The third kappa shape index (κ3) is 2.26. The van der Waals surface area contributed by atoms with Crippen molar-refractivity contribution in [2.75, 3.05) is 23.8 Å². The molecule has 1 fully saturated rings. The first-order valence-electron chi connectivity index (χ1n) is 5.97. The number of nitrogens with one attached hydrogen (secondary N) is 1. The van der Waals surface area contributed by atoms with E-state index in [0.29, 0.717) is 6.04 Å². The number of hydrogen-bond donors (Lipinski definition) is 1. The number of nitrogens with zero attached hydrogens (tertiary/aromatic N) is 3. The second-order valence-corrected chi connectivity index (χ2v) is 4.70. The van der Waals surface area contributed by atoms with Crippen molar-refractivity contribution >= 4 is 11.6 Å². The number of rotatable bonds is 2. The average molecular weight is 220 g/mol. The molecule has 1 aromatic heterocycles. The summed E-state index contributed by atoms with van der Waals surface area (Å²) >= 11 is 0. The van der Waals surface area contributed by atoms with Crippen LogP contribution in [-0.4, -0.2) is 29.6 Å². The van der Waals surface area contributed by atoms with E-state index in [1.165, 1.54) is 12.8 Å². The molecular formula is C12H20N4. The van der Waals surface area contributed by atoms with Crippen molar-refractivity contribution < 1.29 is 0 Å². The fraction of sp³-hybridized carbons (Fsp3) is 0.667. The smallest absolute Gasteiger partial charge is 0.134 e. The molecular weight excluding hydrogens is 200 g/mol. The quantitative estimate of drug-likeness (QED) is 0.829. The zero-order chi connectivity index (χ0) is 11.5. The largest absolute Gasteiger partial charge is 0.373 e. The highest BCUT2D eigenvalue weighted by Crippen LogP contribution is 2.26. The minimum Gasteiger partial charge on any atom is -0.373 e. The van der Waals surface area contributed by atoms with Crippen LogP contribution < -0.4 is 10.2 Å². The Labute approximate surface area is 97.1 Å². The van der Waals surface area contributed by atoms with Gasteiger partial charge in [-0.1, -0.05) is 6.92 Å². The predicted octanol–water partition coefficient (Wildman–Crippen LogP) is 2.14. The van der Waals surface area contributed by atoms with Gasteiger partial charge in [0.25, 0.3) is 0 Å². The first-order chi connectivity index (χ1) is 7.70. The van der Waals surface area contributed by atoms with E-state index in [2.05, 4.69) is 34.0 Å². The molecule has 1 saturated heterocycles. The topological polar surface area (TPSA) is 41.0 Å². The van der Waals surface area contributed by atoms with Gasteiger partial charge < -0.3 is 10.2 Å². The fourth-order valence-corrected chi connectivity index (χ4v) is 2.25. The van der Waals surface area contributed by atoms with Crippen molar-refractivity contribution in [3.05, 3.63) is 12.4 Å². The Morgan fingerprint density at radius 1 is 1.31 bits per heavy atom. The van der Waals surface area contributed by atoms with Crippen molar-refractivity contribution in [3.63, 3.8) is 0 Å². The Hall–Kier alpha value is -1.32. The van der Waals surface area contributed by atoms with Gasteiger partial charge in [-0.25, -0.2) is 9.97 Å². The second kappa shape index (κ2) is 4.68. The van der Waals surface area contributed by atoms with E-state index in [4.69, 9.17) is 0 Å². The molecule has 1 aromatic rings. The van der Waals surface area contributed by atoms with Gasteiger partial charge in [-0.3, -0.25) is 0 Å². The molecule has 0 spiro atoms. The van der Waals surface area contributed by atoms with Crippen LogP contribution in [0.2, 0.25) is 0 Å². The van der Waals surface area contributed by atoms with Crippen LogP contribution in [0.25, 0.3) is 0 Å². The van der Waals surface area contributed by atoms with Crippen LogP contribution in [0.5, 0.6) is 0 Å². The maximum Gasteiger partial charge on any atom is 0.134 e. The maximum absolute atomic E-state index is 4.37. The van der Waals surface area contributed by atoms with Gasteiger partial charge in [-0.2, -0.15) is 0 Å². The summed E-state index contributed by atoms with van der Waals surface area (Å²) in [6, 6.07) is 2.60. The summed E-state index contributed by atoms with van der Waals surface area (Å²) in [4.78, 5) is 10.9. The Kier molecular flexibility index (Phi) is 3.27. The first kappa shape index (κ1) is 11.2. The minimum absolute atomic E-state index is 0.579. The van der Waals surface area contributed by atoms with Gasteiger partial charge in [0.1, 0.15) is 18.0 Å². The van der Waals surface area contributed by atoms with Gasteiger partial charge in [0.15, 0.2) is 0 Å². The van der Waals surface area contributed by atoms with E-state index >= 15 is 0 Å². The number of piperidine rings is 1. The lowest BCUT2D eigenvalue weighted by Gasteiger charge is -2.37. The lowest BCUT2D eigenvalue weighted by molar-refractivity contribution is 0.388. The van der Waals surface area contributed by atoms with E-state index in [1.807, 2.05) is 13.1 Å². The molecule has 0 amide bonds. The predicted molar refractivity (Wildman–Crippen MR) is 66.8 cm³/mol. The molecule has 2 atom stereocenters. The summed E-state index contributed by atoms with van der Waals surface area (Å²) in [6.07, 6.45) is 4.20. The van der Waals surface area contributed by atoms with Gasteiger partial charge in [0.2, 0.25) is 0 Å². The van der Waals surface area contributed by atoms with E-state index in [1.54, 1.807) is 6.33 Å². The van der Waals surface area contributed by atoms with Gasteiger partial charge >= 0.3 is 0 Å². The molecule has 1 N–H and O–H groups in total. The fourth-order valence-electron chi connectivity index (χ4n) is 2.25. The van der Waals surface area contributed by atoms with Crippen LogP contribution in [0.15, 0.2) is 12.4 Å². The SMILES string of the molecule is CNc1cc(N2CC(C)CCC2C)ncn1. The molecule has 1 aliphatic heterocycles. The summed E-state index contributed by atoms with van der Waals surface area (Å²) in [5.74, 6) is 2.68. The van der Waals surface area contributed by atoms with Crippen LogP contribution in [0.4, 0.5) is 11.6 Å². The molecule has 4 heteroatoms. The van der Waals surface area contributed by atoms with Crippen molar-refractivity contribution in [1.29, 1.82) is 0 Å². The van der Waals surface area contributed by atoms with Crippen molar-refractivity contribution in [2.45, 2.75) is 32.7 Å². The third-order valence-corrected chi connectivity index (χ3v) is 3.32. The molecule has 2 heterocycles. The second-order valence-electron chi connectivity index (χ2n) is 4.70. The molecule has 0 aliphatic carbocycles. The van der Waals surface area contributed by atoms with Crippen LogP contribution in [0.3, 0.4) is 0 Å². The number of aromatic nitrogens is 2. The molecule has 2 unspecified atom stereocenters. The highest BCUT2D eigenvalue weighted by Gasteiger charge is 2.23. The zero-order valence-corrected chi connectivity index (χ0v) is 10.3.